The van der Waals surface area contributed by atoms with Crippen LogP contribution < -0.4 is 10.9 Å². The fourth-order valence-corrected chi connectivity index (χ4v) is 3.72. The van der Waals surface area contributed by atoms with Gasteiger partial charge in [-0.05, 0) is 44.4 Å². The van der Waals surface area contributed by atoms with Crippen LogP contribution in [0.3, 0.4) is 0 Å². The molecule has 1 aliphatic heterocycles. The number of aryl methyl sites for hydroxylation is 2. The molecule has 1 unspecified atom stereocenters. The molecular formula is C20H23N5O3. The molecule has 3 aromatic rings. The summed E-state index contributed by atoms with van der Waals surface area (Å²) >= 11 is 0. The quantitative estimate of drug-likeness (QED) is 0.748. The number of rotatable bonds is 4. The summed E-state index contributed by atoms with van der Waals surface area (Å²) in [5, 5.41) is 3.59. The molecule has 0 saturated carbocycles. The van der Waals surface area contributed by atoms with Gasteiger partial charge in [0.1, 0.15) is 23.4 Å². The summed E-state index contributed by atoms with van der Waals surface area (Å²) in [5.74, 6) is -0.0716. The Kier molecular flexibility index (Phi) is 4.72. The number of anilines is 1. The Balaban J connectivity index is 1.73. The van der Waals surface area contributed by atoms with E-state index in [9.17, 15) is 9.59 Å². The number of ether oxygens (including phenoxy) is 1. The van der Waals surface area contributed by atoms with Gasteiger partial charge in [-0.25, -0.2) is 9.97 Å². The predicted octanol–water partition coefficient (Wildman–Crippen LogP) is 2.18. The Hall–Kier alpha value is -3.00. The van der Waals surface area contributed by atoms with Crippen molar-refractivity contribution >= 4 is 22.8 Å². The van der Waals surface area contributed by atoms with Gasteiger partial charge < -0.3 is 19.2 Å². The monoisotopic (exact) mass is 381 g/mol. The summed E-state index contributed by atoms with van der Waals surface area (Å²) in [4.78, 5) is 33.7. The first kappa shape index (κ1) is 18.4. The van der Waals surface area contributed by atoms with Crippen LogP contribution in [0.25, 0.3) is 11.0 Å². The van der Waals surface area contributed by atoms with Gasteiger partial charge in [-0.1, -0.05) is 0 Å². The molecular weight excluding hydrogens is 358 g/mol. The number of nitrogens with zero attached hydrogens (tertiary/aromatic N) is 4. The molecule has 28 heavy (non-hydrogen) atoms. The van der Waals surface area contributed by atoms with E-state index in [1.165, 1.54) is 17.0 Å². The molecule has 3 aromatic heterocycles. The lowest BCUT2D eigenvalue weighted by Crippen LogP contribution is -2.27. The Morgan fingerprint density at radius 2 is 2.18 bits per heavy atom. The fraction of sp³-hybridized carbons (Fsp3) is 0.400. The van der Waals surface area contributed by atoms with Crippen molar-refractivity contribution in [2.24, 2.45) is 7.05 Å². The minimum atomic E-state index is -0.481. The van der Waals surface area contributed by atoms with Crippen LogP contribution in [0.5, 0.6) is 0 Å². The van der Waals surface area contributed by atoms with Crippen molar-refractivity contribution in [2.75, 3.05) is 11.9 Å². The maximum absolute atomic E-state index is 12.7. The summed E-state index contributed by atoms with van der Waals surface area (Å²) in [6, 6.07) is 3.18. The third kappa shape index (κ3) is 3.09. The van der Waals surface area contributed by atoms with Gasteiger partial charge in [0.05, 0.1) is 18.0 Å². The maximum atomic E-state index is 12.7. The molecule has 0 aliphatic carbocycles. The lowest BCUT2D eigenvalue weighted by atomic mass is 10.2. The second-order valence-electron chi connectivity index (χ2n) is 7.17. The van der Waals surface area contributed by atoms with E-state index < -0.39 is 5.91 Å². The van der Waals surface area contributed by atoms with Crippen LogP contribution in [0.2, 0.25) is 0 Å². The molecule has 1 N–H and O–H groups in total. The highest BCUT2D eigenvalue weighted by Gasteiger charge is 2.23. The number of nitrogens with one attached hydrogen (secondary N) is 1. The molecule has 0 radical (unpaired) electrons. The zero-order valence-corrected chi connectivity index (χ0v) is 16.2. The smallest absolute Gasteiger partial charge is 0.263 e. The topological polar surface area (TPSA) is 91.0 Å². The number of hydrogen-bond donors (Lipinski definition) is 1. The largest absolute Gasteiger partial charge is 0.376 e. The molecule has 146 valence electrons. The summed E-state index contributed by atoms with van der Waals surface area (Å²) in [7, 11) is 1.61. The first-order chi connectivity index (χ1) is 13.5. The van der Waals surface area contributed by atoms with Crippen LogP contribution in [-0.2, 0) is 18.3 Å². The van der Waals surface area contributed by atoms with Crippen LogP contribution in [0.4, 0.5) is 5.82 Å². The van der Waals surface area contributed by atoms with Gasteiger partial charge >= 0.3 is 0 Å². The Morgan fingerprint density at radius 3 is 2.93 bits per heavy atom. The highest BCUT2D eigenvalue weighted by molar-refractivity contribution is 6.08. The van der Waals surface area contributed by atoms with Crippen molar-refractivity contribution in [1.82, 2.24) is 19.1 Å². The second-order valence-corrected chi connectivity index (χ2v) is 7.17. The number of fused-ring (bicyclic) bond motifs is 1. The number of amides is 1. The SMILES string of the molecule is Cc1c(C)n(CC2CCCO2)c2ncnc(NC(=O)c3cccn(C)c3=O)c12. The molecule has 0 bridgehead atoms. The summed E-state index contributed by atoms with van der Waals surface area (Å²) < 4.78 is 9.27. The molecule has 1 fully saturated rings. The molecule has 4 rings (SSSR count). The highest BCUT2D eigenvalue weighted by Crippen LogP contribution is 2.30. The Bertz CT molecular complexity index is 1110. The zero-order chi connectivity index (χ0) is 19.8. The summed E-state index contributed by atoms with van der Waals surface area (Å²) in [5.41, 5.74) is 2.55. The van der Waals surface area contributed by atoms with E-state index in [4.69, 9.17) is 4.74 Å². The molecule has 8 heteroatoms. The molecule has 1 aliphatic rings. The van der Waals surface area contributed by atoms with E-state index in [2.05, 4.69) is 19.9 Å². The van der Waals surface area contributed by atoms with Crippen LogP contribution in [0.1, 0.15) is 34.5 Å². The number of carbonyl (C=O) groups excluding carboxylic acids is 1. The van der Waals surface area contributed by atoms with Crippen molar-refractivity contribution in [3.05, 3.63) is 51.8 Å². The number of aromatic nitrogens is 4. The van der Waals surface area contributed by atoms with E-state index in [1.807, 2.05) is 13.8 Å². The third-order valence-corrected chi connectivity index (χ3v) is 5.42. The third-order valence-electron chi connectivity index (χ3n) is 5.42. The van der Waals surface area contributed by atoms with Crippen molar-refractivity contribution < 1.29 is 9.53 Å². The van der Waals surface area contributed by atoms with E-state index >= 15 is 0 Å². The Labute approximate surface area is 162 Å². The standard InChI is InChI=1S/C20H23N5O3/c1-12-13(2)25(10-14-6-5-9-28-14)18-16(12)17(21-11-22-18)23-19(26)15-7-4-8-24(3)20(15)27/h4,7-8,11,14H,5-6,9-10H2,1-3H3,(H,21,22,23,26). The molecule has 1 amide bonds. The predicted molar refractivity (Wildman–Crippen MR) is 106 cm³/mol. The number of hydrogen-bond acceptors (Lipinski definition) is 5. The average molecular weight is 381 g/mol. The van der Waals surface area contributed by atoms with Crippen LogP contribution in [0.15, 0.2) is 29.5 Å². The fourth-order valence-electron chi connectivity index (χ4n) is 3.72. The van der Waals surface area contributed by atoms with Crippen LogP contribution in [0, 0.1) is 13.8 Å². The van der Waals surface area contributed by atoms with Crippen LogP contribution >= 0.6 is 0 Å². The van der Waals surface area contributed by atoms with Crippen molar-refractivity contribution in [1.29, 1.82) is 0 Å². The van der Waals surface area contributed by atoms with Crippen LogP contribution in [-0.4, -0.2) is 37.7 Å². The number of pyridine rings is 1. The molecule has 0 spiro atoms. The lowest BCUT2D eigenvalue weighted by Gasteiger charge is -2.13. The minimum absolute atomic E-state index is 0.0740. The van der Waals surface area contributed by atoms with Crippen molar-refractivity contribution in [3.63, 3.8) is 0 Å². The first-order valence-corrected chi connectivity index (χ1v) is 9.36. The normalized spacial score (nSPS) is 16.6. The lowest BCUT2D eigenvalue weighted by molar-refractivity contribution is 0.0974. The van der Waals surface area contributed by atoms with Gasteiger partial charge in [0.2, 0.25) is 0 Å². The number of carbonyl (C=O) groups is 1. The van der Waals surface area contributed by atoms with E-state index in [0.717, 1.165) is 48.3 Å². The van der Waals surface area contributed by atoms with Gasteiger partial charge in [-0.2, -0.15) is 0 Å². The Morgan fingerprint density at radius 1 is 1.36 bits per heavy atom. The average Bonchev–Trinajstić information content (AvgIpc) is 3.27. The van der Waals surface area contributed by atoms with Gasteiger partial charge in [-0.3, -0.25) is 9.59 Å². The minimum Gasteiger partial charge on any atom is -0.376 e. The molecule has 1 saturated heterocycles. The molecule has 1 atom stereocenters. The molecule has 0 aromatic carbocycles. The van der Waals surface area contributed by atoms with Gasteiger partial charge in [0, 0.05) is 25.5 Å². The molecule has 8 nitrogen and oxygen atoms in total. The highest BCUT2D eigenvalue weighted by atomic mass is 16.5. The summed E-state index contributed by atoms with van der Waals surface area (Å²) in [6.07, 6.45) is 5.33. The first-order valence-electron chi connectivity index (χ1n) is 9.36. The van der Waals surface area contributed by atoms with Gasteiger partial charge in [0.15, 0.2) is 0 Å². The zero-order valence-electron chi connectivity index (χ0n) is 16.2. The summed E-state index contributed by atoms with van der Waals surface area (Å²) in [6.45, 7) is 5.54. The second kappa shape index (κ2) is 7.20. The van der Waals surface area contributed by atoms with Gasteiger partial charge in [0.25, 0.3) is 11.5 Å². The molecule has 4 heterocycles. The van der Waals surface area contributed by atoms with E-state index in [1.54, 1.807) is 19.3 Å². The van der Waals surface area contributed by atoms with Gasteiger partial charge in [-0.15, -0.1) is 0 Å². The van der Waals surface area contributed by atoms with E-state index in [0.29, 0.717) is 5.82 Å². The van der Waals surface area contributed by atoms with Crippen molar-refractivity contribution in [3.8, 4) is 0 Å². The van der Waals surface area contributed by atoms with E-state index in [-0.39, 0.29) is 17.2 Å². The van der Waals surface area contributed by atoms with Crippen molar-refractivity contribution in [2.45, 2.75) is 39.3 Å². The maximum Gasteiger partial charge on any atom is 0.263 e.